The molecule has 3 N–H and O–H groups in total. The van der Waals surface area contributed by atoms with Crippen LogP contribution >= 0.6 is 38.9 Å². The summed E-state index contributed by atoms with van der Waals surface area (Å²) >= 11 is 10.7. The van der Waals surface area contributed by atoms with Gasteiger partial charge in [-0.2, -0.15) is 0 Å². The molecule has 0 radical (unpaired) electrons. The SMILES string of the molecule is Nc1c(C(=O)Nc2cc(Br)ccc2Cl)sc2cccnc12. The smallest absolute Gasteiger partial charge is 0.268 e. The number of fused-ring (bicyclic) bond motifs is 1. The second-order valence-electron chi connectivity index (χ2n) is 4.27. The number of carbonyl (C=O) groups excluding carboxylic acids is 1. The molecule has 106 valence electrons. The summed E-state index contributed by atoms with van der Waals surface area (Å²) in [6.07, 6.45) is 1.65. The molecule has 1 amide bonds. The Morgan fingerprint density at radius 1 is 1.38 bits per heavy atom. The zero-order valence-electron chi connectivity index (χ0n) is 10.6. The van der Waals surface area contributed by atoms with Crippen LogP contribution in [0.2, 0.25) is 5.02 Å². The van der Waals surface area contributed by atoms with Crippen LogP contribution in [0, 0.1) is 0 Å². The first-order valence-corrected chi connectivity index (χ1v) is 7.94. The van der Waals surface area contributed by atoms with Crippen molar-refractivity contribution in [3.63, 3.8) is 0 Å². The molecule has 0 aliphatic carbocycles. The van der Waals surface area contributed by atoms with Gasteiger partial charge in [0, 0.05) is 10.7 Å². The van der Waals surface area contributed by atoms with Crippen LogP contribution in [0.1, 0.15) is 9.67 Å². The van der Waals surface area contributed by atoms with Gasteiger partial charge in [-0.3, -0.25) is 9.78 Å². The van der Waals surface area contributed by atoms with Crippen molar-refractivity contribution in [2.75, 3.05) is 11.1 Å². The Balaban J connectivity index is 1.97. The number of pyridine rings is 1. The Hall–Kier alpha value is -1.63. The fourth-order valence-electron chi connectivity index (χ4n) is 1.89. The number of rotatable bonds is 2. The number of nitrogens with zero attached hydrogens (tertiary/aromatic N) is 1. The molecule has 0 fully saturated rings. The van der Waals surface area contributed by atoms with Gasteiger partial charge in [0.1, 0.15) is 10.4 Å². The number of hydrogen-bond acceptors (Lipinski definition) is 4. The average Bonchev–Trinajstić information content (AvgIpc) is 2.81. The molecule has 0 saturated heterocycles. The third kappa shape index (κ3) is 2.74. The number of nitrogens with two attached hydrogens (primary N) is 1. The highest BCUT2D eigenvalue weighted by molar-refractivity contribution is 9.10. The molecule has 3 aromatic rings. The number of amides is 1. The number of nitrogens with one attached hydrogen (secondary N) is 1. The van der Waals surface area contributed by atoms with E-state index in [1.807, 2.05) is 12.1 Å². The second kappa shape index (κ2) is 5.63. The second-order valence-corrected chi connectivity index (χ2v) is 6.65. The fourth-order valence-corrected chi connectivity index (χ4v) is 3.39. The molecule has 0 atom stereocenters. The van der Waals surface area contributed by atoms with Crippen LogP contribution in [0.3, 0.4) is 0 Å². The number of benzene rings is 1. The van der Waals surface area contributed by atoms with Gasteiger partial charge in [0.2, 0.25) is 0 Å². The lowest BCUT2D eigenvalue weighted by Gasteiger charge is -2.07. The van der Waals surface area contributed by atoms with Crippen molar-refractivity contribution in [2.24, 2.45) is 0 Å². The summed E-state index contributed by atoms with van der Waals surface area (Å²) in [5.41, 5.74) is 7.57. The summed E-state index contributed by atoms with van der Waals surface area (Å²) in [5.74, 6) is -0.296. The van der Waals surface area contributed by atoms with E-state index in [9.17, 15) is 4.79 Å². The average molecular weight is 383 g/mol. The highest BCUT2D eigenvalue weighted by Gasteiger charge is 2.18. The Bertz CT molecular complexity index is 849. The van der Waals surface area contributed by atoms with Crippen LogP contribution in [0.5, 0.6) is 0 Å². The number of anilines is 2. The highest BCUT2D eigenvalue weighted by Crippen LogP contribution is 2.33. The van der Waals surface area contributed by atoms with E-state index in [2.05, 4.69) is 26.2 Å². The molecule has 0 saturated carbocycles. The van der Waals surface area contributed by atoms with Crippen LogP contribution in [0.15, 0.2) is 41.0 Å². The van der Waals surface area contributed by atoms with Gasteiger partial charge in [-0.1, -0.05) is 27.5 Å². The molecule has 2 heterocycles. The first-order valence-electron chi connectivity index (χ1n) is 5.95. The minimum Gasteiger partial charge on any atom is -0.396 e. The maximum absolute atomic E-state index is 12.4. The largest absolute Gasteiger partial charge is 0.396 e. The summed E-state index contributed by atoms with van der Waals surface area (Å²) in [5, 5.41) is 3.23. The summed E-state index contributed by atoms with van der Waals surface area (Å²) in [6.45, 7) is 0. The number of nitrogen functional groups attached to an aromatic ring is 1. The lowest BCUT2D eigenvalue weighted by Crippen LogP contribution is -2.12. The lowest BCUT2D eigenvalue weighted by molar-refractivity contribution is 0.103. The van der Waals surface area contributed by atoms with E-state index in [1.165, 1.54) is 11.3 Å². The number of hydrogen-bond donors (Lipinski definition) is 2. The highest BCUT2D eigenvalue weighted by atomic mass is 79.9. The van der Waals surface area contributed by atoms with Crippen molar-refractivity contribution in [2.45, 2.75) is 0 Å². The van der Waals surface area contributed by atoms with E-state index >= 15 is 0 Å². The van der Waals surface area contributed by atoms with Crippen LogP contribution < -0.4 is 11.1 Å². The molecule has 0 bridgehead atoms. The molecule has 4 nitrogen and oxygen atoms in total. The van der Waals surface area contributed by atoms with Gasteiger partial charge < -0.3 is 11.1 Å². The third-order valence-electron chi connectivity index (χ3n) is 2.87. The quantitative estimate of drug-likeness (QED) is 0.683. The molecule has 0 unspecified atom stereocenters. The Labute approximate surface area is 138 Å². The summed E-state index contributed by atoms with van der Waals surface area (Å²) < 4.78 is 1.70. The molecule has 21 heavy (non-hydrogen) atoms. The van der Waals surface area contributed by atoms with E-state index in [4.69, 9.17) is 17.3 Å². The number of carbonyl (C=O) groups is 1. The molecular weight excluding hydrogens is 374 g/mol. The summed E-state index contributed by atoms with van der Waals surface area (Å²) in [4.78, 5) is 17.0. The first kappa shape index (κ1) is 14.3. The zero-order chi connectivity index (χ0) is 15.0. The molecule has 7 heteroatoms. The molecule has 0 aliphatic heterocycles. The molecule has 2 aromatic heterocycles. The van der Waals surface area contributed by atoms with Crippen molar-refractivity contribution >= 4 is 66.4 Å². The predicted molar refractivity (Wildman–Crippen MR) is 91.1 cm³/mol. The minimum absolute atomic E-state index is 0.296. The van der Waals surface area contributed by atoms with Crippen LogP contribution in [0.4, 0.5) is 11.4 Å². The number of halogens is 2. The van der Waals surface area contributed by atoms with Crippen molar-refractivity contribution in [3.05, 3.63) is 50.9 Å². The van der Waals surface area contributed by atoms with E-state index in [1.54, 1.807) is 24.4 Å². The maximum atomic E-state index is 12.4. The number of thiophene rings is 1. The van der Waals surface area contributed by atoms with Crippen molar-refractivity contribution in [3.8, 4) is 0 Å². The molecule has 0 aliphatic rings. The normalized spacial score (nSPS) is 10.8. The summed E-state index contributed by atoms with van der Waals surface area (Å²) in [7, 11) is 0. The number of aromatic nitrogens is 1. The predicted octanol–water partition coefficient (Wildman–Crippen LogP) is 4.55. The van der Waals surface area contributed by atoms with Crippen LogP contribution in [-0.4, -0.2) is 10.9 Å². The van der Waals surface area contributed by atoms with E-state index in [0.29, 0.717) is 26.8 Å². The van der Waals surface area contributed by atoms with Crippen molar-refractivity contribution in [1.29, 1.82) is 0 Å². The van der Waals surface area contributed by atoms with Crippen LogP contribution in [-0.2, 0) is 0 Å². The molecule has 1 aromatic carbocycles. The van der Waals surface area contributed by atoms with Gasteiger partial charge in [0.15, 0.2) is 0 Å². The van der Waals surface area contributed by atoms with Crippen LogP contribution in [0.25, 0.3) is 10.2 Å². The van der Waals surface area contributed by atoms with Crippen molar-refractivity contribution < 1.29 is 4.79 Å². The summed E-state index contributed by atoms with van der Waals surface area (Å²) in [6, 6.07) is 8.94. The van der Waals surface area contributed by atoms with Gasteiger partial charge >= 0.3 is 0 Å². The minimum atomic E-state index is -0.296. The van der Waals surface area contributed by atoms with Gasteiger partial charge in [-0.05, 0) is 30.3 Å². The van der Waals surface area contributed by atoms with Gasteiger partial charge in [-0.15, -0.1) is 11.3 Å². The Kier molecular flexibility index (Phi) is 3.84. The zero-order valence-corrected chi connectivity index (χ0v) is 13.7. The van der Waals surface area contributed by atoms with Gasteiger partial charge in [0.05, 0.1) is 21.1 Å². The topological polar surface area (TPSA) is 68.0 Å². The first-order chi connectivity index (χ1) is 10.1. The van der Waals surface area contributed by atoms with Gasteiger partial charge in [0.25, 0.3) is 5.91 Å². The van der Waals surface area contributed by atoms with E-state index in [0.717, 1.165) is 9.17 Å². The van der Waals surface area contributed by atoms with E-state index in [-0.39, 0.29) is 5.91 Å². The monoisotopic (exact) mass is 381 g/mol. The maximum Gasteiger partial charge on any atom is 0.268 e. The van der Waals surface area contributed by atoms with Gasteiger partial charge in [-0.25, -0.2) is 0 Å². The molecule has 0 spiro atoms. The molecular formula is C14H9BrClN3OS. The van der Waals surface area contributed by atoms with Crippen molar-refractivity contribution in [1.82, 2.24) is 4.98 Å². The third-order valence-corrected chi connectivity index (χ3v) is 4.85. The Morgan fingerprint density at radius 2 is 2.19 bits per heavy atom. The molecule has 3 rings (SSSR count). The Morgan fingerprint density at radius 3 is 2.95 bits per heavy atom. The fraction of sp³-hybridized carbons (Fsp3) is 0. The lowest BCUT2D eigenvalue weighted by atomic mass is 10.3. The van der Waals surface area contributed by atoms with E-state index < -0.39 is 0 Å². The standard InChI is InChI=1S/C14H9BrClN3OS/c15-7-3-4-8(16)9(6-7)19-14(20)13-11(17)12-10(21-13)2-1-5-18-12/h1-6H,17H2,(H,19,20).